The van der Waals surface area contributed by atoms with Gasteiger partial charge in [0.05, 0.1) is 0 Å². The third-order valence-corrected chi connectivity index (χ3v) is 5.39. The van der Waals surface area contributed by atoms with Gasteiger partial charge in [-0.05, 0) is 31.4 Å². The summed E-state index contributed by atoms with van der Waals surface area (Å²) in [5.74, 6) is -0.725. The zero-order valence-corrected chi connectivity index (χ0v) is 12.1. The molecule has 0 fully saturated rings. The maximum absolute atomic E-state index is 12.0. The fraction of sp³-hybridized carbons (Fsp3) is 0.545. The molecule has 2 N–H and O–H groups in total. The number of nitrogens with one attached hydrogen (secondary N) is 1. The highest BCUT2D eigenvalue weighted by molar-refractivity contribution is 7.91. The van der Waals surface area contributed by atoms with Crippen molar-refractivity contribution in [3.63, 3.8) is 0 Å². The molecule has 0 aliphatic rings. The van der Waals surface area contributed by atoms with E-state index in [0.717, 1.165) is 17.8 Å². The third-order valence-electron chi connectivity index (χ3n) is 2.24. The van der Waals surface area contributed by atoms with Crippen LogP contribution in [0.25, 0.3) is 0 Å². The van der Waals surface area contributed by atoms with E-state index in [4.69, 9.17) is 5.11 Å². The lowest BCUT2D eigenvalue weighted by molar-refractivity contribution is 0.0702. The molecule has 1 atom stereocenters. The van der Waals surface area contributed by atoms with Gasteiger partial charge in [0, 0.05) is 6.04 Å². The number of thiophene rings is 1. The number of hydrogen-bond acceptors (Lipinski definition) is 4. The summed E-state index contributed by atoms with van der Waals surface area (Å²) in [6.45, 7) is 5.82. The van der Waals surface area contributed by atoms with Crippen molar-refractivity contribution in [1.82, 2.24) is 4.72 Å². The molecule has 1 aromatic rings. The number of carbonyl (C=O) groups is 1. The molecule has 0 saturated carbocycles. The van der Waals surface area contributed by atoms with Crippen LogP contribution < -0.4 is 4.72 Å². The van der Waals surface area contributed by atoms with E-state index in [1.165, 1.54) is 12.1 Å². The monoisotopic (exact) mass is 291 g/mol. The normalized spacial score (nSPS) is 13.8. The third kappa shape index (κ3) is 4.08. The Morgan fingerprint density at radius 1 is 1.39 bits per heavy atom. The smallest absolute Gasteiger partial charge is 0.345 e. The average Bonchev–Trinajstić information content (AvgIpc) is 2.63. The van der Waals surface area contributed by atoms with E-state index in [-0.39, 0.29) is 15.1 Å². The van der Waals surface area contributed by atoms with Crippen LogP contribution in [0.5, 0.6) is 0 Å². The van der Waals surface area contributed by atoms with Gasteiger partial charge in [0.1, 0.15) is 9.09 Å². The van der Waals surface area contributed by atoms with Gasteiger partial charge in [-0.2, -0.15) is 0 Å². The van der Waals surface area contributed by atoms with Crippen molar-refractivity contribution in [3.8, 4) is 0 Å². The maximum Gasteiger partial charge on any atom is 0.345 e. The Labute approximate surface area is 111 Å². The van der Waals surface area contributed by atoms with Gasteiger partial charge in [0.2, 0.25) is 10.0 Å². The molecule has 0 aromatic carbocycles. The molecule has 1 unspecified atom stereocenters. The van der Waals surface area contributed by atoms with E-state index in [2.05, 4.69) is 4.72 Å². The lowest BCUT2D eigenvalue weighted by Crippen LogP contribution is -2.33. The number of hydrogen-bond donors (Lipinski definition) is 2. The molecule has 0 amide bonds. The van der Waals surface area contributed by atoms with Gasteiger partial charge in [-0.1, -0.05) is 13.8 Å². The fourth-order valence-corrected chi connectivity index (χ4v) is 4.08. The molecule has 18 heavy (non-hydrogen) atoms. The Kier molecular flexibility index (Phi) is 4.89. The van der Waals surface area contributed by atoms with Gasteiger partial charge in [-0.3, -0.25) is 0 Å². The Hall–Kier alpha value is -0.920. The van der Waals surface area contributed by atoms with Crippen LogP contribution in [-0.4, -0.2) is 25.5 Å². The molecule has 0 radical (unpaired) electrons. The summed E-state index contributed by atoms with van der Waals surface area (Å²) in [4.78, 5) is 10.7. The first-order valence-corrected chi connectivity index (χ1v) is 7.88. The van der Waals surface area contributed by atoms with Crippen molar-refractivity contribution in [3.05, 3.63) is 17.0 Å². The first kappa shape index (κ1) is 15.1. The summed E-state index contributed by atoms with van der Waals surface area (Å²) in [6.07, 6.45) is 0.733. The van der Waals surface area contributed by atoms with Crippen LogP contribution in [0.3, 0.4) is 0 Å². The van der Waals surface area contributed by atoms with E-state index >= 15 is 0 Å². The summed E-state index contributed by atoms with van der Waals surface area (Å²) in [7, 11) is -3.61. The van der Waals surface area contributed by atoms with E-state index in [9.17, 15) is 13.2 Å². The second-order valence-corrected chi connectivity index (χ2v) is 7.60. The molecule has 1 aromatic heterocycles. The van der Waals surface area contributed by atoms with Crippen molar-refractivity contribution in [2.24, 2.45) is 5.92 Å². The largest absolute Gasteiger partial charge is 0.477 e. The van der Waals surface area contributed by atoms with Gasteiger partial charge in [0.15, 0.2) is 0 Å². The molecule has 0 bridgehead atoms. The first-order valence-electron chi connectivity index (χ1n) is 5.58. The quantitative estimate of drug-likeness (QED) is 0.841. The second-order valence-electron chi connectivity index (χ2n) is 4.58. The van der Waals surface area contributed by atoms with E-state index in [1.807, 2.05) is 13.8 Å². The van der Waals surface area contributed by atoms with Crippen molar-refractivity contribution >= 4 is 27.3 Å². The Bertz CT molecular complexity index is 519. The standard InChI is InChI=1S/C11H17NO4S2/c1-7(2)6-8(3)12-18(15,16)10-5-4-9(17-10)11(13)14/h4-5,7-8,12H,6H2,1-3H3,(H,13,14). The molecule has 0 aliphatic heterocycles. The maximum atomic E-state index is 12.0. The Morgan fingerprint density at radius 3 is 2.44 bits per heavy atom. The van der Waals surface area contributed by atoms with Crippen LogP contribution in [0, 0.1) is 5.92 Å². The highest BCUT2D eigenvalue weighted by Gasteiger charge is 2.21. The van der Waals surface area contributed by atoms with Crippen LogP contribution in [0.15, 0.2) is 16.3 Å². The predicted molar refractivity (Wildman–Crippen MR) is 70.5 cm³/mol. The molecular weight excluding hydrogens is 274 g/mol. The summed E-state index contributed by atoms with van der Waals surface area (Å²) in [5, 5.41) is 8.76. The van der Waals surface area contributed by atoms with Gasteiger partial charge < -0.3 is 5.11 Å². The summed E-state index contributed by atoms with van der Waals surface area (Å²) in [5.41, 5.74) is 0. The van der Waals surface area contributed by atoms with Gasteiger partial charge in [-0.15, -0.1) is 11.3 Å². The highest BCUT2D eigenvalue weighted by atomic mass is 32.2. The number of carboxylic acid groups (broad SMARTS) is 1. The lowest BCUT2D eigenvalue weighted by Gasteiger charge is -2.15. The van der Waals surface area contributed by atoms with E-state index in [1.54, 1.807) is 6.92 Å². The van der Waals surface area contributed by atoms with Crippen LogP contribution in [0.2, 0.25) is 0 Å². The number of aromatic carboxylic acids is 1. The molecule has 0 aliphatic carbocycles. The molecule has 0 saturated heterocycles. The second kappa shape index (κ2) is 5.81. The van der Waals surface area contributed by atoms with Crippen LogP contribution in [0.4, 0.5) is 0 Å². The Morgan fingerprint density at radius 2 is 2.00 bits per heavy atom. The lowest BCUT2D eigenvalue weighted by atomic mass is 10.1. The topological polar surface area (TPSA) is 83.5 Å². The molecule has 7 heteroatoms. The van der Waals surface area contributed by atoms with Gasteiger partial charge >= 0.3 is 5.97 Å². The van der Waals surface area contributed by atoms with Crippen molar-refractivity contribution in [2.75, 3.05) is 0 Å². The molecule has 102 valence electrons. The molecule has 0 spiro atoms. The predicted octanol–water partition coefficient (Wildman–Crippen LogP) is 2.16. The SMILES string of the molecule is CC(C)CC(C)NS(=O)(=O)c1ccc(C(=O)O)s1. The van der Waals surface area contributed by atoms with Crippen molar-refractivity contribution in [1.29, 1.82) is 0 Å². The number of rotatable bonds is 6. The molecule has 1 rings (SSSR count). The van der Waals surface area contributed by atoms with Crippen LogP contribution >= 0.6 is 11.3 Å². The number of carboxylic acids is 1. The van der Waals surface area contributed by atoms with Crippen molar-refractivity contribution < 1.29 is 18.3 Å². The Balaban J connectivity index is 2.82. The number of sulfonamides is 1. The first-order chi connectivity index (χ1) is 8.22. The molecular formula is C11H17NO4S2. The minimum atomic E-state index is -3.61. The van der Waals surface area contributed by atoms with Crippen LogP contribution in [0.1, 0.15) is 36.9 Å². The molecule has 5 nitrogen and oxygen atoms in total. The average molecular weight is 291 g/mol. The van der Waals surface area contributed by atoms with E-state index in [0.29, 0.717) is 5.92 Å². The minimum Gasteiger partial charge on any atom is -0.477 e. The zero-order chi connectivity index (χ0) is 13.9. The van der Waals surface area contributed by atoms with Gasteiger partial charge in [-0.25, -0.2) is 17.9 Å². The summed E-state index contributed by atoms with van der Waals surface area (Å²) < 4.78 is 26.5. The minimum absolute atomic E-state index is 0.0203. The van der Waals surface area contributed by atoms with E-state index < -0.39 is 16.0 Å². The summed E-state index contributed by atoms with van der Waals surface area (Å²) in [6, 6.07) is 2.44. The summed E-state index contributed by atoms with van der Waals surface area (Å²) >= 11 is 0.759. The molecule has 1 heterocycles. The van der Waals surface area contributed by atoms with Crippen LogP contribution in [-0.2, 0) is 10.0 Å². The fourth-order valence-electron chi connectivity index (χ4n) is 1.66. The van der Waals surface area contributed by atoms with Gasteiger partial charge in [0.25, 0.3) is 0 Å². The highest BCUT2D eigenvalue weighted by Crippen LogP contribution is 2.22. The zero-order valence-electron chi connectivity index (χ0n) is 10.5. The van der Waals surface area contributed by atoms with Crippen molar-refractivity contribution in [2.45, 2.75) is 37.4 Å².